The van der Waals surface area contributed by atoms with Crippen LogP contribution in [0.2, 0.25) is 0 Å². The van der Waals surface area contributed by atoms with Crippen LogP contribution < -0.4 is 0 Å². The lowest BCUT2D eigenvalue weighted by molar-refractivity contribution is -0.455. The molecule has 124 valence electrons. The highest BCUT2D eigenvalue weighted by molar-refractivity contribution is 5.38. The lowest BCUT2D eigenvalue weighted by Gasteiger charge is -2.49. The molecule has 2 heteroatoms. The van der Waals surface area contributed by atoms with Gasteiger partial charge in [-0.2, -0.15) is 0 Å². The highest BCUT2D eigenvalue weighted by atomic mass is 17.2. The van der Waals surface area contributed by atoms with Crippen LogP contribution in [0, 0.1) is 0 Å². The number of fused-ring (bicyclic) bond motifs is 4. The monoisotopic (exact) mass is 320 g/mol. The van der Waals surface area contributed by atoms with E-state index in [0.29, 0.717) is 0 Å². The van der Waals surface area contributed by atoms with Gasteiger partial charge in [-0.05, 0) is 73.6 Å². The Hall–Kier alpha value is -1.64. The van der Waals surface area contributed by atoms with Crippen LogP contribution in [-0.4, -0.2) is 0 Å². The van der Waals surface area contributed by atoms with Crippen molar-refractivity contribution in [3.8, 4) is 0 Å². The van der Waals surface area contributed by atoms with E-state index in [2.05, 4.69) is 48.5 Å². The molecule has 1 heterocycles. The molecule has 0 radical (unpaired) electrons. The van der Waals surface area contributed by atoms with Crippen LogP contribution in [0.3, 0.4) is 0 Å². The molecule has 2 aromatic rings. The fourth-order valence-corrected chi connectivity index (χ4v) is 5.10. The summed E-state index contributed by atoms with van der Waals surface area (Å²) in [4.78, 5) is 12.6. The Balaban J connectivity index is 1.49. The van der Waals surface area contributed by atoms with Crippen LogP contribution in [0.1, 0.15) is 60.8 Å². The van der Waals surface area contributed by atoms with Gasteiger partial charge in [-0.3, -0.25) is 0 Å². The zero-order valence-corrected chi connectivity index (χ0v) is 14.1. The molecule has 2 nitrogen and oxygen atoms in total. The van der Waals surface area contributed by atoms with Gasteiger partial charge in [0.05, 0.1) is 0 Å². The number of benzene rings is 2. The minimum absolute atomic E-state index is 0.230. The number of rotatable bonds is 0. The van der Waals surface area contributed by atoms with Gasteiger partial charge < -0.3 is 0 Å². The second-order valence-electron chi connectivity index (χ2n) is 7.68. The van der Waals surface area contributed by atoms with Crippen molar-refractivity contribution in [1.29, 1.82) is 0 Å². The van der Waals surface area contributed by atoms with Crippen LogP contribution in [0.5, 0.6) is 0 Å². The lowest BCUT2D eigenvalue weighted by atomic mass is 9.70. The van der Waals surface area contributed by atoms with Crippen molar-refractivity contribution in [2.24, 2.45) is 0 Å². The Labute approximate surface area is 143 Å². The van der Waals surface area contributed by atoms with Gasteiger partial charge in [0, 0.05) is 0 Å². The molecule has 2 atom stereocenters. The molecule has 0 bridgehead atoms. The van der Waals surface area contributed by atoms with E-state index in [4.69, 9.17) is 9.78 Å². The van der Waals surface area contributed by atoms with Gasteiger partial charge in [-0.1, -0.05) is 48.5 Å². The van der Waals surface area contributed by atoms with Gasteiger partial charge in [0.2, 0.25) is 0 Å². The van der Waals surface area contributed by atoms with Crippen LogP contribution >= 0.6 is 0 Å². The van der Waals surface area contributed by atoms with E-state index in [9.17, 15) is 0 Å². The number of hydrogen-bond acceptors (Lipinski definition) is 2. The number of aryl methyl sites for hydroxylation is 2. The first-order chi connectivity index (χ1) is 11.8. The minimum atomic E-state index is -0.230. The fraction of sp³-hybridized carbons (Fsp3) is 0.455. The molecular formula is C22H24O2. The first-order valence-corrected chi connectivity index (χ1v) is 9.35. The van der Waals surface area contributed by atoms with E-state index >= 15 is 0 Å². The molecule has 2 spiro atoms. The van der Waals surface area contributed by atoms with Gasteiger partial charge in [0.25, 0.3) is 0 Å². The van der Waals surface area contributed by atoms with Gasteiger partial charge >= 0.3 is 0 Å². The minimum Gasteiger partial charge on any atom is -0.224 e. The summed E-state index contributed by atoms with van der Waals surface area (Å²) in [6, 6.07) is 17.5. The smallest absolute Gasteiger partial charge is 0.129 e. The second kappa shape index (κ2) is 5.44. The largest absolute Gasteiger partial charge is 0.224 e. The standard InChI is InChI=1S/C22H24O2/c1-3-11-19-17(7-1)9-5-13-21(19)15-16-22(24-23-21)14-6-10-18-8-2-4-12-20(18)22/h1-4,7-8,11-12H,5-6,9-10,13-16H2. The molecule has 24 heavy (non-hydrogen) atoms. The molecule has 0 saturated carbocycles. The fourth-order valence-electron chi connectivity index (χ4n) is 5.10. The highest BCUT2D eigenvalue weighted by Crippen LogP contribution is 2.53. The van der Waals surface area contributed by atoms with E-state index in [1.54, 1.807) is 0 Å². The Bertz CT molecular complexity index is 691. The SMILES string of the molecule is c1ccc2c(c1)CCCC21CCC2(CCCc3ccccc32)OO1. The first-order valence-electron chi connectivity index (χ1n) is 9.35. The van der Waals surface area contributed by atoms with E-state index in [1.165, 1.54) is 35.1 Å². The predicted octanol–water partition coefficient (Wildman–Crippen LogP) is 5.19. The van der Waals surface area contributed by atoms with Crippen LogP contribution in [0.15, 0.2) is 48.5 Å². The summed E-state index contributed by atoms with van der Waals surface area (Å²) in [5.41, 5.74) is 5.13. The Morgan fingerprint density at radius 1 is 0.583 bits per heavy atom. The van der Waals surface area contributed by atoms with Crippen LogP contribution in [0.4, 0.5) is 0 Å². The third kappa shape index (κ3) is 2.09. The topological polar surface area (TPSA) is 18.5 Å². The van der Waals surface area contributed by atoms with E-state index < -0.39 is 0 Å². The van der Waals surface area contributed by atoms with Crippen molar-refractivity contribution >= 4 is 0 Å². The maximum Gasteiger partial charge on any atom is 0.129 e. The molecule has 1 fully saturated rings. The molecule has 2 aliphatic carbocycles. The zero-order valence-electron chi connectivity index (χ0n) is 14.1. The molecule has 1 aliphatic heterocycles. The van der Waals surface area contributed by atoms with Crippen LogP contribution in [0.25, 0.3) is 0 Å². The van der Waals surface area contributed by atoms with E-state index in [-0.39, 0.29) is 11.2 Å². The molecule has 3 aliphatic rings. The summed E-state index contributed by atoms with van der Waals surface area (Å²) >= 11 is 0. The van der Waals surface area contributed by atoms with Crippen LogP contribution in [-0.2, 0) is 33.8 Å². The highest BCUT2D eigenvalue weighted by Gasteiger charge is 2.50. The van der Waals surface area contributed by atoms with Crippen molar-refractivity contribution < 1.29 is 9.78 Å². The van der Waals surface area contributed by atoms with Crippen molar-refractivity contribution in [3.05, 3.63) is 70.8 Å². The summed E-state index contributed by atoms with van der Waals surface area (Å²) < 4.78 is 0. The Kier molecular flexibility index (Phi) is 3.33. The summed E-state index contributed by atoms with van der Waals surface area (Å²) in [6.07, 6.45) is 8.94. The molecule has 2 unspecified atom stereocenters. The van der Waals surface area contributed by atoms with E-state index in [1.807, 2.05) is 0 Å². The maximum absolute atomic E-state index is 6.28. The number of hydrogen-bond donors (Lipinski definition) is 0. The van der Waals surface area contributed by atoms with Crippen molar-refractivity contribution in [2.75, 3.05) is 0 Å². The van der Waals surface area contributed by atoms with Gasteiger partial charge in [-0.15, -0.1) is 0 Å². The maximum atomic E-state index is 6.28. The summed E-state index contributed by atoms with van der Waals surface area (Å²) in [5.74, 6) is 0. The average Bonchev–Trinajstić information content (AvgIpc) is 2.65. The van der Waals surface area contributed by atoms with Crippen molar-refractivity contribution in [2.45, 2.75) is 62.6 Å². The molecular weight excluding hydrogens is 296 g/mol. The molecule has 5 rings (SSSR count). The van der Waals surface area contributed by atoms with Gasteiger partial charge in [-0.25, -0.2) is 9.78 Å². The predicted molar refractivity (Wildman–Crippen MR) is 93.5 cm³/mol. The zero-order chi connectivity index (χ0) is 16.0. The lowest BCUT2D eigenvalue weighted by Crippen LogP contribution is -2.46. The van der Waals surface area contributed by atoms with Crippen molar-refractivity contribution in [3.63, 3.8) is 0 Å². The van der Waals surface area contributed by atoms with Gasteiger partial charge in [0.15, 0.2) is 0 Å². The third-order valence-electron chi connectivity index (χ3n) is 6.36. The first kappa shape index (κ1) is 14.7. The Morgan fingerprint density at radius 2 is 1.04 bits per heavy atom. The molecule has 2 aromatic carbocycles. The molecule has 0 amide bonds. The second-order valence-corrected chi connectivity index (χ2v) is 7.68. The third-order valence-corrected chi connectivity index (χ3v) is 6.36. The quantitative estimate of drug-likeness (QED) is 0.622. The summed E-state index contributed by atoms with van der Waals surface area (Å²) in [7, 11) is 0. The van der Waals surface area contributed by atoms with Crippen molar-refractivity contribution in [1.82, 2.24) is 0 Å². The normalized spacial score (nSPS) is 31.7. The molecule has 1 saturated heterocycles. The summed E-state index contributed by atoms with van der Waals surface area (Å²) in [6.45, 7) is 0. The summed E-state index contributed by atoms with van der Waals surface area (Å²) in [5, 5.41) is 0. The molecule has 0 N–H and O–H groups in total. The average molecular weight is 320 g/mol. The van der Waals surface area contributed by atoms with E-state index in [0.717, 1.165) is 38.5 Å². The van der Waals surface area contributed by atoms with Gasteiger partial charge in [0.1, 0.15) is 11.2 Å². The Morgan fingerprint density at radius 3 is 1.50 bits per heavy atom. The molecule has 0 aromatic heterocycles.